The monoisotopic (exact) mass is 430 g/mol. The molecule has 2 aromatic rings. The summed E-state index contributed by atoms with van der Waals surface area (Å²) >= 11 is 0. The quantitative estimate of drug-likeness (QED) is 0.515. The van der Waals surface area contributed by atoms with E-state index in [-0.39, 0.29) is 30.7 Å². The second-order valence-electron chi connectivity index (χ2n) is 7.14. The third kappa shape index (κ3) is 3.83. The zero-order chi connectivity index (χ0) is 22.4. The van der Waals surface area contributed by atoms with Crippen molar-refractivity contribution < 1.29 is 31.5 Å². The van der Waals surface area contributed by atoms with Crippen LogP contribution < -0.4 is 16.0 Å². The van der Waals surface area contributed by atoms with Crippen molar-refractivity contribution >= 4 is 28.4 Å². The minimum Gasteiger partial charge on any atom is -0.366 e. The van der Waals surface area contributed by atoms with Gasteiger partial charge in [0.15, 0.2) is 0 Å². The first-order valence-electron chi connectivity index (χ1n) is 8.97. The lowest BCUT2D eigenvalue weighted by Crippen LogP contribution is -2.51. The lowest BCUT2D eigenvalue weighted by molar-refractivity contribution is -0.136. The summed E-state index contributed by atoms with van der Waals surface area (Å²) in [5.74, 6) is -2.85. The van der Waals surface area contributed by atoms with E-state index in [0.29, 0.717) is 0 Å². The Morgan fingerprint density at radius 1 is 1.37 bits per heavy atom. The molecule has 1 aromatic heterocycles. The summed E-state index contributed by atoms with van der Waals surface area (Å²) < 4.78 is 70.7. The number of nitrogens with zero attached hydrogens (tertiary/aromatic N) is 1. The average Bonchev–Trinajstić information content (AvgIpc) is 2.96. The maximum atomic E-state index is 15.0. The molecule has 3 rings (SSSR count). The van der Waals surface area contributed by atoms with Crippen molar-refractivity contribution in [3.63, 3.8) is 0 Å². The van der Waals surface area contributed by atoms with Gasteiger partial charge in [-0.25, -0.2) is 8.78 Å². The Morgan fingerprint density at radius 2 is 2.03 bits per heavy atom. The number of anilines is 1. The summed E-state index contributed by atoms with van der Waals surface area (Å²) in [6.45, 7) is 3.91. The highest BCUT2D eigenvalue weighted by Crippen LogP contribution is 2.44. The van der Waals surface area contributed by atoms with Crippen molar-refractivity contribution in [2.45, 2.75) is 31.7 Å². The Bertz CT molecular complexity index is 1030. The fraction of sp³-hybridized carbons (Fsp3) is 0.368. The summed E-state index contributed by atoms with van der Waals surface area (Å²) in [6.07, 6.45) is -5.52. The molecule has 6 nitrogen and oxygen atoms in total. The van der Waals surface area contributed by atoms with Crippen LogP contribution in [0.4, 0.5) is 27.6 Å². The first kappa shape index (κ1) is 21.6. The van der Waals surface area contributed by atoms with Crippen LogP contribution in [0, 0.1) is 12.7 Å². The number of hydrogen-bond acceptors (Lipinski definition) is 3. The Kier molecular flexibility index (Phi) is 5.48. The number of nitrogens with two attached hydrogens (primary N) is 1. The number of nitrogens with one attached hydrogen (secondary N) is 2. The summed E-state index contributed by atoms with van der Waals surface area (Å²) in [7, 11) is 0. The lowest BCUT2D eigenvalue weighted by Gasteiger charge is -2.37. The van der Waals surface area contributed by atoms with E-state index in [1.165, 1.54) is 0 Å². The summed E-state index contributed by atoms with van der Waals surface area (Å²) in [5, 5.41) is 1.88. The molecular formula is C19H19F5N4O2. The number of benzene rings is 1. The molecule has 0 saturated carbocycles. The van der Waals surface area contributed by atoms with Crippen molar-refractivity contribution in [3.05, 3.63) is 41.4 Å². The van der Waals surface area contributed by atoms with Gasteiger partial charge in [-0.15, -0.1) is 0 Å². The van der Waals surface area contributed by atoms with Crippen LogP contribution in [0.1, 0.15) is 28.0 Å². The third-order valence-electron chi connectivity index (χ3n) is 4.99. The number of hydrogen-bond donors (Lipinski definition) is 3. The average molecular weight is 430 g/mol. The molecular weight excluding hydrogens is 411 g/mol. The number of rotatable bonds is 4. The van der Waals surface area contributed by atoms with Crippen LogP contribution in [-0.4, -0.2) is 42.1 Å². The van der Waals surface area contributed by atoms with Gasteiger partial charge in [-0.3, -0.25) is 9.59 Å². The van der Waals surface area contributed by atoms with Gasteiger partial charge < -0.3 is 20.9 Å². The summed E-state index contributed by atoms with van der Waals surface area (Å²) in [6, 6.07) is -0.0474. The van der Waals surface area contributed by atoms with Crippen LogP contribution in [0.25, 0.3) is 10.9 Å². The first-order chi connectivity index (χ1) is 13.9. The van der Waals surface area contributed by atoms with E-state index in [4.69, 9.17) is 5.73 Å². The predicted octanol–water partition coefficient (Wildman–Crippen LogP) is 2.95. The second-order valence-corrected chi connectivity index (χ2v) is 7.14. The van der Waals surface area contributed by atoms with E-state index >= 15 is 4.39 Å². The number of carbonyl (C=O) groups excluding carboxylic acids is 2. The number of aryl methyl sites for hydroxylation is 1. The number of halogens is 5. The van der Waals surface area contributed by atoms with E-state index < -0.39 is 58.2 Å². The van der Waals surface area contributed by atoms with Gasteiger partial charge in [-0.2, -0.15) is 13.2 Å². The van der Waals surface area contributed by atoms with Crippen LogP contribution in [0.2, 0.25) is 0 Å². The standard InChI is InChI=1S/C19H19F5N4O2/c1-3-13(29)27-10-4-9(20)6-28(7-10)17-12(21)5-11(18(25)30)16-14(17)15(8(2)26-16)19(22,23)24/h3,5,9-10,26H,1,4,6-7H2,2H3,(H2,25,30)(H,27,29)/t9-,10-/m0/s1. The molecule has 0 radical (unpaired) electrons. The van der Waals surface area contributed by atoms with Crippen molar-refractivity contribution in [1.82, 2.24) is 10.3 Å². The maximum Gasteiger partial charge on any atom is 0.418 e. The van der Waals surface area contributed by atoms with Crippen LogP contribution in [0.15, 0.2) is 18.7 Å². The van der Waals surface area contributed by atoms with Crippen LogP contribution in [-0.2, 0) is 11.0 Å². The molecule has 2 heterocycles. The molecule has 1 aliphatic heterocycles. The Balaban J connectivity index is 2.23. The summed E-state index contributed by atoms with van der Waals surface area (Å²) in [4.78, 5) is 26.8. The molecule has 1 fully saturated rings. The molecule has 4 N–H and O–H groups in total. The van der Waals surface area contributed by atoms with Crippen molar-refractivity contribution in [1.29, 1.82) is 0 Å². The van der Waals surface area contributed by atoms with Gasteiger partial charge in [0.05, 0.1) is 22.3 Å². The highest BCUT2D eigenvalue weighted by molar-refractivity contribution is 6.10. The molecule has 30 heavy (non-hydrogen) atoms. The van der Waals surface area contributed by atoms with Crippen LogP contribution in [0.5, 0.6) is 0 Å². The zero-order valence-electron chi connectivity index (χ0n) is 15.9. The first-order valence-corrected chi connectivity index (χ1v) is 8.97. The Hall–Kier alpha value is -3.11. The fourth-order valence-corrected chi connectivity index (χ4v) is 3.89. The largest absolute Gasteiger partial charge is 0.418 e. The number of fused-ring (bicyclic) bond motifs is 1. The zero-order valence-corrected chi connectivity index (χ0v) is 15.9. The number of H-pyrrole nitrogens is 1. The fourth-order valence-electron chi connectivity index (χ4n) is 3.89. The Morgan fingerprint density at radius 3 is 2.60 bits per heavy atom. The predicted molar refractivity (Wildman–Crippen MR) is 100 cm³/mol. The van der Waals surface area contributed by atoms with E-state index in [9.17, 15) is 27.2 Å². The van der Waals surface area contributed by atoms with E-state index in [1.807, 2.05) is 0 Å². The number of amides is 2. The topological polar surface area (TPSA) is 91.2 Å². The van der Waals surface area contributed by atoms with Crippen molar-refractivity contribution in [2.24, 2.45) is 5.73 Å². The number of piperidine rings is 1. The van der Waals surface area contributed by atoms with Crippen molar-refractivity contribution in [3.8, 4) is 0 Å². The SMILES string of the molecule is C=CC(=O)N[C@H]1C[C@H](F)CN(c2c(F)cc(C(N)=O)c3[nH]c(C)c(C(F)(F)F)c23)C1. The molecule has 1 aromatic carbocycles. The van der Waals surface area contributed by atoms with Crippen LogP contribution in [0.3, 0.4) is 0 Å². The van der Waals surface area contributed by atoms with Gasteiger partial charge in [-0.1, -0.05) is 6.58 Å². The highest BCUT2D eigenvalue weighted by atomic mass is 19.4. The number of primary amides is 1. The van der Waals surface area contributed by atoms with E-state index in [0.717, 1.165) is 24.0 Å². The molecule has 2 atom stereocenters. The minimum absolute atomic E-state index is 0.0848. The van der Waals surface area contributed by atoms with Gasteiger partial charge >= 0.3 is 6.18 Å². The normalized spacial score (nSPS) is 19.7. The maximum absolute atomic E-state index is 15.0. The molecule has 162 valence electrons. The smallest absolute Gasteiger partial charge is 0.366 e. The van der Waals surface area contributed by atoms with Gasteiger partial charge in [0.2, 0.25) is 5.91 Å². The summed E-state index contributed by atoms with van der Waals surface area (Å²) in [5.41, 5.74) is 2.48. The van der Waals surface area contributed by atoms with Crippen LogP contribution >= 0.6 is 0 Å². The molecule has 2 amide bonds. The van der Waals surface area contributed by atoms with E-state index in [2.05, 4.69) is 16.9 Å². The number of carbonyl (C=O) groups is 2. The molecule has 1 aliphatic rings. The molecule has 0 bridgehead atoms. The number of alkyl halides is 4. The molecule has 0 spiro atoms. The number of aromatic nitrogens is 1. The molecule has 1 saturated heterocycles. The number of aromatic amines is 1. The third-order valence-corrected chi connectivity index (χ3v) is 4.99. The molecule has 0 aliphatic carbocycles. The van der Waals surface area contributed by atoms with Gasteiger partial charge in [0.1, 0.15) is 12.0 Å². The Labute approximate surface area is 167 Å². The minimum atomic E-state index is -4.87. The highest BCUT2D eigenvalue weighted by Gasteiger charge is 2.40. The van der Waals surface area contributed by atoms with E-state index in [1.54, 1.807) is 0 Å². The van der Waals surface area contributed by atoms with Gasteiger partial charge in [0.25, 0.3) is 5.91 Å². The van der Waals surface area contributed by atoms with Gasteiger partial charge in [-0.05, 0) is 19.1 Å². The lowest BCUT2D eigenvalue weighted by atomic mass is 9.99. The van der Waals surface area contributed by atoms with Gasteiger partial charge in [0, 0.05) is 36.6 Å². The molecule has 0 unspecified atom stereocenters. The van der Waals surface area contributed by atoms with Crippen molar-refractivity contribution in [2.75, 3.05) is 18.0 Å². The molecule has 11 heteroatoms. The second kappa shape index (κ2) is 7.62.